The number of benzene rings is 3. The molecule has 3 aromatic rings. The highest BCUT2D eigenvalue weighted by Crippen LogP contribution is 2.28. The lowest BCUT2D eigenvalue weighted by molar-refractivity contribution is 0.0943. The monoisotopic (exact) mass is 424 g/mol. The van der Waals surface area contributed by atoms with Crippen molar-refractivity contribution < 1.29 is 19.4 Å². The molecule has 0 bridgehead atoms. The van der Waals surface area contributed by atoms with Crippen molar-refractivity contribution in [1.29, 1.82) is 0 Å². The van der Waals surface area contributed by atoms with Gasteiger partial charge in [0.05, 0.1) is 12.3 Å². The quantitative estimate of drug-likeness (QED) is 0.512. The van der Waals surface area contributed by atoms with Crippen molar-refractivity contribution in [1.82, 2.24) is 5.32 Å². The van der Waals surface area contributed by atoms with E-state index in [-0.39, 0.29) is 31.6 Å². The van der Waals surface area contributed by atoms with Gasteiger partial charge in [0.25, 0.3) is 11.8 Å². The lowest BCUT2D eigenvalue weighted by Gasteiger charge is -2.14. The summed E-state index contributed by atoms with van der Waals surface area (Å²) in [6.07, 6.45) is 0. The van der Waals surface area contributed by atoms with Crippen LogP contribution in [0.4, 0.5) is 5.69 Å². The van der Waals surface area contributed by atoms with Crippen LogP contribution >= 0.6 is 11.6 Å². The van der Waals surface area contributed by atoms with Gasteiger partial charge in [0.1, 0.15) is 12.4 Å². The fourth-order valence-electron chi connectivity index (χ4n) is 2.69. The molecule has 0 spiro atoms. The average molecular weight is 425 g/mol. The molecule has 2 amide bonds. The number of amides is 2. The Labute approximate surface area is 179 Å². The molecule has 0 unspecified atom stereocenters. The minimum atomic E-state index is -0.358. The van der Waals surface area contributed by atoms with Crippen molar-refractivity contribution in [2.75, 3.05) is 18.5 Å². The number of carbonyl (C=O) groups is 2. The highest BCUT2D eigenvalue weighted by molar-refractivity contribution is 6.30. The highest BCUT2D eigenvalue weighted by atomic mass is 35.5. The van der Waals surface area contributed by atoms with E-state index in [0.717, 1.165) is 5.56 Å². The van der Waals surface area contributed by atoms with Gasteiger partial charge < -0.3 is 20.5 Å². The first-order chi connectivity index (χ1) is 14.6. The van der Waals surface area contributed by atoms with Gasteiger partial charge in [-0.2, -0.15) is 0 Å². The molecule has 0 aromatic heterocycles. The first-order valence-electron chi connectivity index (χ1n) is 9.33. The average Bonchev–Trinajstić information content (AvgIpc) is 2.78. The number of halogens is 1. The summed E-state index contributed by atoms with van der Waals surface area (Å²) in [6, 6.07) is 20.8. The van der Waals surface area contributed by atoms with E-state index in [1.54, 1.807) is 54.6 Å². The van der Waals surface area contributed by atoms with E-state index in [2.05, 4.69) is 10.6 Å². The lowest BCUT2D eigenvalue weighted by atomic mass is 10.1. The Hall–Kier alpha value is -3.35. The summed E-state index contributed by atoms with van der Waals surface area (Å²) < 4.78 is 5.89. The fraction of sp³-hybridized carbons (Fsp3) is 0.130. The van der Waals surface area contributed by atoms with Crippen LogP contribution < -0.4 is 15.4 Å². The number of hydrogen-bond donors (Lipinski definition) is 3. The van der Waals surface area contributed by atoms with Crippen LogP contribution in [-0.2, 0) is 6.61 Å². The van der Waals surface area contributed by atoms with Crippen LogP contribution in [0.15, 0.2) is 72.8 Å². The molecule has 0 fully saturated rings. The van der Waals surface area contributed by atoms with Crippen molar-refractivity contribution in [3.05, 3.63) is 94.5 Å². The smallest absolute Gasteiger partial charge is 0.255 e. The molecule has 3 N–H and O–H groups in total. The van der Waals surface area contributed by atoms with Crippen LogP contribution in [0.3, 0.4) is 0 Å². The van der Waals surface area contributed by atoms with Gasteiger partial charge in [0.15, 0.2) is 0 Å². The topological polar surface area (TPSA) is 87.7 Å². The zero-order valence-corrected chi connectivity index (χ0v) is 16.9. The SMILES string of the molecule is O=C(NCCO)c1ccc(OCc2ccc(Cl)cc2)c(NC(=O)c2ccccc2)c1. The molecular formula is C23H21ClN2O4. The standard InChI is InChI=1S/C23H21ClN2O4/c24-19-9-6-16(7-10-19)15-30-21-11-8-18(22(28)25-12-13-27)14-20(21)26-23(29)17-4-2-1-3-5-17/h1-11,14,27H,12-13,15H2,(H,25,28)(H,26,29). The molecule has 0 saturated carbocycles. The Bertz CT molecular complexity index is 1010. The lowest BCUT2D eigenvalue weighted by Crippen LogP contribution is -2.26. The van der Waals surface area contributed by atoms with Gasteiger partial charge in [-0.3, -0.25) is 9.59 Å². The Kier molecular flexibility index (Phi) is 7.43. The highest BCUT2D eigenvalue weighted by Gasteiger charge is 2.14. The van der Waals surface area contributed by atoms with Crippen LogP contribution in [0.25, 0.3) is 0 Å². The number of anilines is 1. The van der Waals surface area contributed by atoms with Crippen LogP contribution in [0, 0.1) is 0 Å². The van der Waals surface area contributed by atoms with Crippen molar-refractivity contribution >= 4 is 29.1 Å². The van der Waals surface area contributed by atoms with Crippen LogP contribution in [0.5, 0.6) is 5.75 Å². The molecule has 30 heavy (non-hydrogen) atoms. The summed E-state index contributed by atoms with van der Waals surface area (Å²) in [5, 5.41) is 14.9. The van der Waals surface area contributed by atoms with E-state index in [1.165, 1.54) is 0 Å². The third-order valence-electron chi connectivity index (χ3n) is 4.23. The molecule has 3 rings (SSSR count). The minimum absolute atomic E-state index is 0.138. The summed E-state index contributed by atoms with van der Waals surface area (Å²) in [5.74, 6) is -0.253. The minimum Gasteiger partial charge on any atom is -0.487 e. The second-order valence-corrected chi connectivity index (χ2v) is 6.86. The van der Waals surface area contributed by atoms with Gasteiger partial charge in [0, 0.05) is 22.7 Å². The molecule has 0 radical (unpaired) electrons. The van der Waals surface area contributed by atoms with Crippen molar-refractivity contribution in [3.8, 4) is 5.75 Å². The summed E-state index contributed by atoms with van der Waals surface area (Å²) in [4.78, 5) is 24.9. The van der Waals surface area contributed by atoms with Crippen molar-refractivity contribution in [2.24, 2.45) is 0 Å². The van der Waals surface area contributed by atoms with E-state index in [0.29, 0.717) is 27.6 Å². The maximum Gasteiger partial charge on any atom is 0.255 e. The van der Waals surface area contributed by atoms with E-state index in [4.69, 9.17) is 21.4 Å². The van der Waals surface area contributed by atoms with Crippen LogP contribution in [-0.4, -0.2) is 30.1 Å². The van der Waals surface area contributed by atoms with Gasteiger partial charge in [0.2, 0.25) is 0 Å². The van der Waals surface area contributed by atoms with Crippen LogP contribution in [0.1, 0.15) is 26.3 Å². The first kappa shape index (κ1) is 21.4. The molecular weight excluding hydrogens is 404 g/mol. The van der Waals surface area contributed by atoms with Crippen LogP contribution in [0.2, 0.25) is 5.02 Å². The predicted octanol–water partition coefficient (Wildman–Crippen LogP) is 3.89. The number of aliphatic hydroxyl groups excluding tert-OH is 1. The maximum absolute atomic E-state index is 12.6. The summed E-state index contributed by atoms with van der Waals surface area (Å²) in [5.41, 5.74) is 2.10. The number of rotatable bonds is 8. The first-order valence-corrected chi connectivity index (χ1v) is 9.71. The molecule has 0 aliphatic heterocycles. The van der Waals surface area contributed by atoms with Gasteiger partial charge in [-0.1, -0.05) is 41.9 Å². The molecule has 7 heteroatoms. The number of ether oxygens (including phenoxy) is 1. The zero-order valence-electron chi connectivity index (χ0n) is 16.1. The molecule has 0 aliphatic rings. The van der Waals surface area contributed by atoms with Crippen molar-refractivity contribution in [2.45, 2.75) is 6.61 Å². The van der Waals surface area contributed by atoms with Crippen molar-refractivity contribution in [3.63, 3.8) is 0 Å². The van der Waals surface area contributed by atoms with Gasteiger partial charge >= 0.3 is 0 Å². The number of nitrogens with one attached hydrogen (secondary N) is 2. The molecule has 0 heterocycles. The van der Waals surface area contributed by atoms with E-state index in [1.807, 2.05) is 18.2 Å². The molecule has 0 aliphatic carbocycles. The third-order valence-corrected chi connectivity index (χ3v) is 4.48. The Morgan fingerprint density at radius 1 is 0.900 bits per heavy atom. The predicted molar refractivity (Wildman–Crippen MR) is 116 cm³/mol. The Morgan fingerprint density at radius 3 is 2.33 bits per heavy atom. The number of carbonyl (C=O) groups excluding carboxylic acids is 2. The molecule has 0 saturated heterocycles. The second kappa shape index (κ2) is 10.4. The Morgan fingerprint density at radius 2 is 1.63 bits per heavy atom. The van der Waals surface area contributed by atoms with E-state index in [9.17, 15) is 9.59 Å². The normalized spacial score (nSPS) is 10.3. The summed E-state index contributed by atoms with van der Waals surface area (Å²) in [7, 11) is 0. The number of aliphatic hydroxyl groups is 1. The summed E-state index contributed by atoms with van der Waals surface area (Å²) >= 11 is 5.91. The third kappa shape index (κ3) is 5.83. The fourth-order valence-corrected chi connectivity index (χ4v) is 2.82. The molecule has 0 atom stereocenters. The van der Waals surface area contributed by atoms with Gasteiger partial charge in [-0.05, 0) is 48.0 Å². The number of hydrogen-bond acceptors (Lipinski definition) is 4. The molecule has 3 aromatic carbocycles. The van der Waals surface area contributed by atoms with Gasteiger partial charge in [-0.25, -0.2) is 0 Å². The summed E-state index contributed by atoms with van der Waals surface area (Å²) in [6.45, 7) is 0.242. The second-order valence-electron chi connectivity index (χ2n) is 6.43. The molecule has 6 nitrogen and oxygen atoms in total. The van der Waals surface area contributed by atoms with E-state index >= 15 is 0 Å². The zero-order chi connectivity index (χ0) is 21.3. The van der Waals surface area contributed by atoms with E-state index < -0.39 is 0 Å². The maximum atomic E-state index is 12.6. The van der Waals surface area contributed by atoms with Gasteiger partial charge in [-0.15, -0.1) is 0 Å². The Balaban J connectivity index is 1.83. The largest absolute Gasteiger partial charge is 0.487 e. The molecule has 154 valence electrons.